The van der Waals surface area contributed by atoms with Gasteiger partial charge in [0.15, 0.2) is 5.96 Å². The van der Waals surface area contributed by atoms with Crippen molar-refractivity contribution in [1.82, 2.24) is 15.1 Å². The Kier molecular flexibility index (Phi) is 8.58. The highest BCUT2D eigenvalue weighted by Crippen LogP contribution is 2.18. The Labute approximate surface area is 163 Å². The molecule has 0 spiro atoms. The van der Waals surface area contributed by atoms with Crippen molar-refractivity contribution < 1.29 is 9.53 Å². The third kappa shape index (κ3) is 6.86. The quantitative estimate of drug-likeness (QED) is 0.589. The van der Waals surface area contributed by atoms with Crippen molar-refractivity contribution in [1.29, 1.82) is 0 Å². The standard InChI is InChI=1S/C21H34N4O2/c1-5-22-21(25(4)13-10-17-11-14-27-15-12-17)23-16-18-6-8-19(9-7-18)20(26)24(2)3/h6-9,17H,5,10-16H2,1-4H3,(H,22,23). The van der Waals surface area contributed by atoms with Gasteiger partial charge in [-0.3, -0.25) is 4.79 Å². The van der Waals surface area contributed by atoms with Gasteiger partial charge in [0.05, 0.1) is 6.54 Å². The molecule has 27 heavy (non-hydrogen) atoms. The lowest BCUT2D eigenvalue weighted by Crippen LogP contribution is -2.40. The van der Waals surface area contributed by atoms with E-state index < -0.39 is 0 Å². The maximum Gasteiger partial charge on any atom is 0.253 e. The summed E-state index contributed by atoms with van der Waals surface area (Å²) >= 11 is 0. The van der Waals surface area contributed by atoms with Gasteiger partial charge in [0.25, 0.3) is 5.91 Å². The number of carbonyl (C=O) groups is 1. The minimum absolute atomic E-state index is 0.0197. The first-order valence-electron chi connectivity index (χ1n) is 9.89. The van der Waals surface area contributed by atoms with Crippen LogP contribution in [-0.2, 0) is 11.3 Å². The van der Waals surface area contributed by atoms with Crippen molar-refractivity contribution in [2.45, 2.75) is 32.7 Å². The van der Waals surface area contributed by atoms with Crippen molar-refractivity contribution in [2.24, 2.45) is 10.9 Å². The molecule has 0 aliphatic carbocycles. The summed E-state index contributed by atoms with van der Waals surface area (Å²) in [5.74, 6) is 1.70. The molecule has 150 valence electrons. The molecule has 0 aromatic heterocycles. The van der Waals surface area contributed by atoms with Gasteiger partial charge in [0.2, 0.25) is 0 Å². The molecule has 1 heterocycles. The van der Waals surface area contributed by atoms with Gasteiger partial charge in [-0.25, -0.2) is 4.99 Å². The van der Waals surface area contributed by atoms with E-state index in [0.717, 1.165) is 43.7 Å². The van der Waals surface area contributed by atoms with E-state index in [4.69, 9.17) is 9.73 Å². The minimum Gasteiger partial charge on any atom is -0.381 e. The van der Waals surface area contributed by atoms with Gasteiger partial charge in [-0.05, 0) is 49.8 Å². The maximum atomic E-state index is 12.0. The molecule has 1 aliphatic heterocycles. The van der Waals surface area contributed by atoms with Crippen LogP contribution < -0.4 is 5.32 Å². The summed E-state index contributed by atoms with van der Waals surface area (Å²) in [4.78, 5) is 20.5. The minimum atomic E-state index is 0.0197. The van der Waals surface area contributed by atoms with Crippen LogP contribution in [-0.4, -0.2) is 69.1 Å². The molecule has 1 saturated heterocycles. The molecule has 6 nitrogen and oxygen atoms in total. The molecule has 1 aliphatic rings. The smallest absolute Gasteiger partial charge is 0.253 e. The van der Waals surface area contributed by atoms with Crippen LogP contribution in [0.1, 0.15) is 42.1 Å². The van der Waals surface area contributed by atoms with Crippen LogP contribution in [0.5, 0.6) is 0 Å². The Morgan fingerprint density at radius 3 is 2.44 bits per heavy atom. The Hall–Kier alpha value is -2.08. The van der Waals surface area contributed by atoms with Gasteiger partial charge in [0, 0.05) is 53.0 Å². The first-order chi connectivity index (χ1) is 13.0. The zero-order chi connectivity index (χ0) is 19.6. The lowest BCUT2D eigenvalue weighted by atomic mass is 9.96. The summed E-state index contributed by atoms with van der Waals surface area (Å²) < 4.78 is 5.44. The molecule has 0 radical (unpaired) electrons. The van der Waals surface area contributed by atoms with Crippen molar-refractivity contribution >= 4 is 11.9 Å². The van der Waals surface area contributed by atoms with Crippen LogP contribution in [0.4, 0.5) is 0 Å². The second-order valence-corrected chi connectivity index (χ2v) is 7.33. The number of rotatable bonds is 7. The number of guanidine groups is 1. The largest absolute Gasteiger partial charge is 0.381 e. The van der Waals surface area contributed by atoms with E-state index in [1.807, 2.05) is 24.3 Å². The van der Waals surface area contributed by atoms with E-state index in [-0.39, 0.29) is 5.91 Å². The summed E-state index contributed by atoms with van der Waals surface area (Å²) in [5.41, 5.74) is 1.80. The summed E-state index contributed by atoms with van der Waals surface area (Å²) in [7, 11) is 5.62. The zero-order valence-corrected chi connectivity index (χ0v) is 17.2. The second-order valence-electron chi connectivity index (χ2n) is 7.33. The topological polar surface area (TPSA) is 57.2 Å². The molecule has 1 amide bonds. The normalized spacial score (nSPS) is 15.5. The van der Waals surface area contributed by atoms with Crippen molar-refractivity contribution in [3.63, 3.8) is 0 Å². The average Bonchev–Trinajstić information content (AvgIpc) is 2.69. The number of ether oxygens (including phenoxy) is 1. The fourth-order valence-corrected chi connectivity index (χ4v) is 3.16. The Bertz CT molecular complexity index is 607. The predicted octanol–water partition coefficient (Wildman–Crippen LogP) is 2.60. The fraction of sp³-hybridized carbons (Fsp3) is 0.619. The Morgan fingerprint density at radius 2 is 1.85 bits per heavy atom. The molecule has 1 fully saturated rings. The van der Waals surface area contributed by atoms with Crippen LogP contribution >= 0.6 is 0 Å². The third-order valence-electron chi connectivity index (χ3n) is 4.93. The van der Waals surface area contributed by atoms with Gasteiger partial charge in [-0.1, -0.05) is 12.1 Å². The van der Waals surface area contributed by atoms with E-state index in [1.165, 1.54) is 19.3 Å². The van der Waals surface area contributed by atoms with Gasteiger partial charge >= 0.3 is 0 Å². The number of nitrogens with zero attached hydrogens (tertiary/aromatic N) is 3. The van der Waals surface area contributed by atoms with E-state index in [0.29, 0.717) is 12.1 Å². The van der Waals surface area contributed by atoms with Crippen LogP contribution in [0.3, 0.4) is 0 Å². The average molecular weight is 375 g/mol. The third-order valence-corrected chi connectivity index (χ3v) is 4.93. The van der Waals surface area contributed by atoms with Gasteiger partial charge < -0.3 is 19.9 Å². The molecule has 6 heteroatoms. The second kappa shape index (κ2) is 10.9. The van der Waals surface area contributed by atoms with E-state index in [9.17, 15) is 4.79 Å². The molecule has 0 unspecified atom stereocenters. The fourth-order valence-electron chi connectivity index (χ4n) is 3.16. The number of carbonyl (C=O) groups excluding carboxylic acids is 1. The maximum absolute atomic E-state index is 12.0. The number of hydrogen-bond donors (Lipinski definition) is 1. The SMILES string of the molecule is CCNC(=NCc1ccc(C(=O)N(C)C)cc1)N(C)CCC1CCOCC1. The van der Waals surface area contributed by atoms with Crippen LogP contribution in [0.2, 0.25) is 0 Å². The first kappa shape index (κ1) is 21.2. The number of nitrogens with one attached hydrogen (secondary N) is 1. The Balaban J connectivity index is 1.92. The van der Waals surface area contributed by atoms with Crippen molar-refractivity contribution in [3.8, 4) is 0 Å². The molecule has 1 N–H and O–H groups in total. The molecule has 1 aromatic carbocycles. The van der Waals surface area contributed by atoms with Gasteiger partial charge in [-0.2, -0.15) is 0 Å². The highest BCUT2D eigenvalue weighted by molar-refractivity contribution is 5.93. The summed E-state index contributed by atoms with van der Waals surface area (Å²) in [6.45, 7) is 6.32. The highest BCUT2D eigenvalue weighted by atomic mass is 16.5. The summed E-state index contributed by atoms with van der Waals surface area (Å²) in [5, 5.41) is 3.38. The van der Waals surface area contributed by atoms with Crippen molar-refractivity contribution in [2.75, 3.05) is 47.4 Å². The highest BCUT2D eigenvalue weighted by Gasteiger charge is 2.15. The number of aliphatic imine (C=N–C) groups is 1. The van der Waals surface area contributed by atoms with E-state index in [2.05, 4.69) is 24.2 Å². The summed E-state index contributed by atoms with van der Waals surface area (Å²) in [6, 6.07) is 7.70. The number of amides is 1. The zero-order valence-electron chi connectivity index (χ0n) is 17.2. The van der Waals surface area contributed by atoms with Crippen molar-refractivity contribution in [3.05, 3.63) is 35.4 Å². The molecular formula is C21H34N4O2. The lowest BCUT2D eigenvalue weighted by molar-refractivity contribution is 0.0625. The monoisotopic (exact) mass is 374 g/mol. The molecule has 0 atom stereocenters. The lowest BCUT2D eigenvalue weighted by Gasteiger charge is -2.26. The molecule has 1 aromatic rings. The predicted molar refractivity (Wildman–Crippen MR) is 110 cm³/mol. The summed E-state index contributed by atoms with van der Waals surface area (Å²) in [6.07, 6.45) is 3.50. The number of hydrogen-bond acceptors (Lipinski definition) is 3. The number of benzene rings is 1. The Morgan fingerprint density at radius 1 is 1.19 bits per heavy atom. The van der Waals surface area contributed by atoms with Gasteiger partial charge in [-0.15, -0.1) is 0 Å². The molecule has 0 saturated carbocycles. The van der Waals surface area contributed by atoms with Crippen LogP contribution in [0.25, 0.3) is 0 Å². The molecule has 0 bridgehead atoms. The first-order valence-corrected chi connectivity index (χ1v) is 9.89. The van der Waals surface area contributed by atoms with Gasteiger partial charge in [0.1, 0.15) is 0 Å². The molecular weight excluding hydrogens is 340 g/mol. The van der Waals surface area contributed by atoms with Crippen LogP contribution in [0.15, 0.2) is 29.3 Å². The van der Waals surface area contributed by atoms with E-state index in [1.54, 1.807) is 19.0 Å². The molecule has 2 rings (SSSR count). The van der Waals surface area contributed by atoms with Crippen LogP contribution in [0, 0.1) is 5.92 Å². The van der Waals surface area contributed by atoms with E-state index >= 15 is 0 Å².